The molecule has 8 heteroatoms. The summed E-state index contributed by atoms with van der Waals surface area (Å²) in [5, 5.41) is 10.7. The summed E-state index contributed by atoms with van der Waals surface area (Å²) in [4.78, 5) is 17.8. The molecule has 1 amide bonds. The highest BCUT2D eigenvalue weighted by Gasteiger charge is 2.21. The summed E-state index contributed by atoms with van der Waals surface area (Å²) in [5.41, 5.74) is 2.99. The standard InChI is InChI=1S/C22H21N5O2S/c28-20(26-10-12-29-13-11-26)15-30-22-25-24-21(27(22)16-6-2-1-3-7-16)18-14-23-19-9-5-4-8-17(18)19/h1-9,14,23H,10-13,15H2. The summed E-state index contributed by atoms with van der Waals surface area (Å²) in [6.45, 7) is 2.49. The minimum absolute atomic E-state index is 0.0968. The van der Waals surface area contributed by atoms with E-state index in [0.717, 1.165) is 28.0 Å². The van der Waals surface area contributed by atoms with E-state index in [1.54, 1.807) is 0 Å². The maximum absolute atomic E-state index is 12.6. The molecule has 5 rings (SSSR count). The lowest BCUT2D eigenvalue weighted by Crippen LogP contribution is -2.41. The predicted octanol–water partition coefficient (Wildman–Crippen LogP) is 3.37. The van der Waals surface area contributed by atoms with Crippen LogP contribution in [0.3, 0.4) is 0 Å². The van der Waals surface area contributed by atoms with Gasteiger partial charge in [0.1, 0.15) is 0 Å². The van der Waals surface area contributed by atoms with Crippen LogP contribution >= 0.6 is 11.8 Å². The van der Waals surface area contributed by atoms with Gasteiger partial charge in [0.05, 0.1) is 19.0 Å². The van der Waals surface area contributed by atoms with Crippen molar-refractivity contribution >= 4 is 28.6 Å². The molecule has 1 aliphatic rings. The second-order valence-corrected chi connectivity index (χ2v) is 7.95. The van der Waals surface area contributed by atoms with Gasteiger partial charge in [0, 0.05) is 41.4 Å². The zero-order chi connectivity index (χ0) is 20.3. The molecule has 0 spiro atoms. The zero-order valence-electron chi connectivity index (χ0n) is 16.3. The molecular weight excluding hydrogens is 398 g/mol. The number of amides is 1. The summed E-state index contributed by atoms with van der Waals surface area (Å²) in [7, 11) is 0. The molecule has 4 aromatic rings. The van der Waals surface area contributed by atoms with Crippen LogP contribution in [0.5, 0.6) is 0 Å². The number of hydrogen-bond acceptors (Lipinski definition) is 5. The van der Waals surface area contributed by atoms with Gasteiger partial charge in [0.2, 0.25) is 5.91 Å². The second kappa shape index (κ2) is 8.33. The van der Waals surface area contributed by atoms with Gasteiger partial charge >= 0.3 is 0 Å². The number of rotatable bonds is 5. The highest BCUT2D eigenvalue weighted by atomic mass is 32.2. The number of aromatic amines is 1. The van der Waals surface area contributed by atoms with E-state index in [2.05, 4.69) is 21.2 Å². The summed E-state index contributed by atoms with van der Waals surface area (Å²) in [6, 6.07) is 18.1. The highest BCUT2D eigenvalue weighted by molar-refractivity contribution is 7.99. The van der Waals surface area contributed by atoms with Gasteiger partial charge in [-0.2, -0.15) is 0 Å². The van der Waals surface area contributed by atoms with Gasteiger partial charge in [-0.15, -0.1) is 10.2 Å². The summed E-state index contributed by atoms with van der Waals surface area (Å²) in [6.07, 6.45) is 1.96. The lowest BCUT2D eigenvalue weighted by Gasteiger charge is -2.26. The van der Waals surface area contributed by atoms with Crippen molar-refractivity contribution in [3.63, 3.8) is 0 Å². The Kier molecular flexibility index (Phi) is 5.25. The fourth-order valence-corrected chi connectivity index (χ4v) is 4.49. The number of aromatic nitrogens is 4. The fourth-order valence-electron chi connectivity index (χ4n) is 3.63. The topological polar surface area (TPSA) is 76.0 Å². The summed E-state index contributed by atoms with van der Waals surface area (Å²) >= 11 is 1.41. The third-order valence-electron chi connectivity index (χ3n) is 5.17. The molecule has 0 atom stereocenters. The molecule has 7 nitrogen and oxygen atoms in total. The maximum atomic E-state index is 12.6. The minimum atomic E-state index is 0.0968. The number of fused-ring (bicyclic) bond motifs is 1. The van der Waals surface area contributed by atoms with Crippen LogP contribution in [0.1, 0.15) is 0 Å². The Hall–Kier alpha value is -3.10. The molecule has 30 heavy (non-hydrogen) atoms. The molecule has 152 valence electrons. The molecule has 0 unspecified atom stereocenters. The van der Waals surface area contributed by atoms with Gasteiger partial charge in [0.25, 0.3) is 0 Å². The molecule has 2 aromatic heterocycles. The molecule has 1 fully saturated rings. The highest BCUT2D eigenvalue weighted by Crippen LogP contribution is 2.32. The van der Waals surface area contributed by atoms with Crippen molar-refractivity contribution in [3.05, 3.63) is 60.8 Å². The average Bonchev–Trinajstić information content (AvgIpc) is 3.42. The minimum Gasteiger partial charge on any atom is -0.378 e. The van der Waals surface area contributed by atoms with Crippen molar-refractivity contribution in [1.82, 2.24) is 24.6 Å². The number of benzene rings is 2. The average molecular weight is 420 g/mol. The molecular formula is C22H21N5O2S. The summed E-state index contributed by atoms with van der Waals surface area (Å²) < 4.78 is 7.36. The van der Waals surface area contributed by atoms with E-state index in [4.69, 9.17) is 4.74 Å². The number of carbonyl (C=O) groups excluding carboxylic acids is 1. The Labute approximate surface area is 178 Å². The quantitative estimate of drug-likeness (QED) is 0.502. The van der Waals surface area contributed by atoms with Crippen LogP contribution in [0.15, 0.2) is 66.0 Å². The molecule has 0 aliphatic carbocycles. The van der Waals surface area contributed by atoms with Crippen molar-refractivity contribution in [2.45, 2.75) is 5.16 Å². The number of nitrogens with one attached hydrogen (secondary N) is 1. The third-order valence-corrected chi connectivity index (χ3v) is 6.08. The van der Waals surface area contributed by atoms with Gasteiger partial charge in [-0.05, 0) is 18.2 Å². The smallest absolute Gasteiger partial charge is 0.233 e. The molecule has 1 N–H and O–H groups in total. The predicted molar refractivity (Wildman–Crippen MR) is 117 cm³/mol. The number of morpholine rings is 1. The van der Waals surface area contributed by atoms with Gasteiger partial charge in [0.15, 0.2) is 11.0 Å². The van der Waals surface area contributed by atoms with E-state index in [1.807, 2.05) is 64.2 Å². The lowest BCUT2D eigenvalue weighted by molar-refractivity contribution is -0.132. The number of hydrogen-bond donors (Lipinski definition) is 1. The van der Waals surface area contributed by atoms with Crippen LogP contribution in [0.25, 0.3) is 28.0 Å². The molecule has 0 bridgehead atoms. The molecule has 1 saturated heterocycles. The van der Waals surface area contributed by atoms with Gasteiger partial charge in [-0.25, -0.2) is 0 Å². The number of nitrogens with zero attached hydrogens (tertiary/aromatic N) is 4. The first-order valence-corrected chi connectivity index (χ1v) is 10.9. The van der Waals surface area contributed by atoms with Crippen LogP contribution < -0.4 is 0 Å². The van der Waals surface area contributed by atoms with Crippen LogP contribution in [0, 0.1) is 0 Å². The Balaban J connectivity index is 1.50. The Morgan fingerprint density at radius 3 is 2.63 bits per heavy atom. The Morgan fingerprint density at radius 1 is 1.03 bits per heavy atom. The van der Waals surface area contributed by atoms with Crippen molar-refractivity contribution in [1.29, 1.82) is 0 Å². The van der Waals surface area contributed by atoms with Gasteiger partial charge in [-0.3, -0.25) is 9.36 Å². The Morgan fingerprint density at radius 2 is 1.80 bits per heavy atom. The van der Waals surface area contributed by atoms with E-state index in [0.29, 0.717) is 37.2 Å². The van der Waals surface area contributed by atoms with E-state index < -0.39 is 0 Å². The number of thioether (sulfide) groups is 1. The van der Waals surface area contributed by atoms with Crippen molar-refractivity contribution < 1.29 is 9.53 Å². The number of ether oxygens (including phenoxy) is 1. The first-order chi connectivity index (χ1) is 14.8. The normalized spacial score (nSPS) is 14.3. The molecule has 0 saturated carbocycles. The van der Waals surface area contributed by atoms with Crippen LogP contribution in [-0.2, 0) is 9.53 Å². The SMILES string of the molecule is O=C(CSc1nnc(-c2c[nH]c3ccccc23)n1-c1ccccc1)N1CCOCC1. The monoisotopic (exact) mass is 419 g/mol. The lowest BCUT2D eigenvalue weighted by atomic mass is 10.1. The first-order valence-electron chi connectivity index (χ1n) is 9.87. The van der Waals surface area contributed by atoms with Crippen LogP contribution in [0.4, 0.5) is 0 Å². The van der Waals surface area contributed by atoms with Gasteiger partial charge < -0.3 is 14.6 Å². The van der Waals surface area contributed by atoms with Crippen molar-refractivity contribution in [2.24, 2.45) is 0 Å². The molecule has 2 aromatic carbocycles. The first kappa shape index (κ1) is 18.9. The Bertz CT molecular complexity index is 1160. The van der Waals surface area contributed by atoms with E-state index in [-0.39, 0.29) is 5.91 Å². The molecule has 3 heterocycles. The largest absolute Gasteiger partial charge is 0.378 e. The summed E-state index contributed by atoms with van der Waals surface area (Å²) in [5.74, 6) is 1.17. The maximum Gasteiger partial charge on any atom is 0.233 e. The molecule has 0 radical (unpaired) electrons. The number of carbonyl (C=O) groups is 1. The van der Waals surface area contributed by atoms with E-state index in [9.17, 15) is 4.79 Å². The van der Waals surface area contributed by atoms with Gasteiger partial charge in [-0.1, -0.05) is 48.2 Å². The van der Waals surface area contributed by atoms with E-state index >= 15 is 0 Å². The van der Waals surface area contributed by atoms with Crippen molar-refractivity contribution in [2.75, 3.05) is 32.1 Å². The van der Waals surface area contributed by atoms with Crippen LogP contribution in [-0.4, -0.2) is 62.6 Å². The van der Waals surface area contributed by atoms with Crippen LogP contribution in [0.2, 0.25) is 0 Å². The zero-order valence-corrected chi connectivity index (χ0v) is 17.1. The van der Waals surface area contributed by atoms with Crippen molar-refractivity contribution in [3.8, 4) is 17.1 Å². The fraction of sp³-hybridized carbons (Fsp3) is 0.227. The number of para-hydroxylation sites is 2. The molecule has 1 aliphatic heterocycles. The van der Waals surface area contributed by atoms with E-state index in [1.165, 1.54) is 11.8 Å². The third kappa shape index (κ3) is 3.59. The number of H-pyrrole nitrogens is 1. The second-order valence-electron chi connectivity index (χ2n) is 7.01.